The van der Waals surface area contributed by atoms with Gasteiger partial charge in [-0.1, -0.05) is 31.5 Å². The quantitative estimate of drug-likeness (QED) is 0.723. The molecule has 0 amide bonds. The van der Waals surface area contributed by atoms with E-state index >= 15 is 0 Å². The molecule has 0 saturated carbocycles. The second-order valence-corrected chi connectivity index (χ2v) is 4.51. The first kappa shape index (κ1) is 10.5. The lowest BCUT2D eigenvalue weighted by Crippen LogP contribution is -1.95. The number of hydrogen-bond donors (Lipinski definition) is 0. The Balaban J connectivity index is 2.84. The summed E-state index contributed by atoms with van der Waals surface area (Å²) < 4.78 is 11.3. The monoisotopic (exact) mass is 196 g/mol. The van der Waals surface area contributed by atoms with Crippen molar-refractivity contribution in [3.63, 3.8) is 0 Å². The zero-order chi connectivity index (χ0) is 9.68. The Hall–Kier alpha value is -0.630. The standard InChI is InChI=1S/C11H16OS/c1-3-4-7-10-8-5-6-9-11(10)13(2)12/h5-6,8-9H,3-4,7H2,1-2H3. The van der Waals surface area contributed by atoms with E-state index in [-0.39, 0.29) is 0 Å². The number of unbranched alkanes of at least 4 members (excludes halogenated alkanes) is 1. The van der Waals surface area contributed by atoms with Crippen LogP contribution in [0, 0.1) is 0 Å². The van der Waals surface area contributed by atoms with Crippen molar-refractivity contribution in [3.05, 3.63) is 29.8 Å². The normalized spacial score (nSPS) is 12.8. The summed E-state index contributed by atoms with van der Waals surface area (Å²) in [4.78, 5) is 0.996. The highest BCUT2D eigenvalue weighted by molar-refractivity contribution is 7.84. The first-order chi connectivity index (χ1) is 6.25. The molecule has 0 fully saturated rings. The SMILES string of the molecule is CCCCc1ccccc1S(C)=O. The van der Waals surface area contributed by atoms with Crippen molar-refractivity contribution in [2.24, 2.45) is 0 Å². The van der Waals surface area contributed by atoms with Gasteiger partial charge in [-0.25, -0.2) is 0 Å². The van der Waals surface area contributed by atoms with Gasteiger partial charge in [0.05, 0.1) is 10.8 Å². The van der Waals surface area contributed by atoms with E-state index in [0.29, 0.717) is 0 Å². The average molecular weight is 196 g/mol. The minimum atomic E-state index is -0.844. The lowest BCUT2D eigenvalue weighted by molar-refractivity contribution is 0.684. The molecule has 0 bridgehead atoms. The molecule has 2 heteroatoms. The Kier molecular flexibility index (Phi) is 4.16. The van der Waals surface area contributed by atoms with Crippen LogP contribution in [0.2, 0.25) is 0 Å². The summed E-state index contributed by atoms with van der Waals surface area (Å²) in [5.41, 5.74) is 1.24. The minimum absolute atomic E-state index is 0.844. The molecule has 1 aromatic rings. The van der Waals surface area contributed by atoms with Gasteiger partial charge in [-0.3, -0.25) is 4.21 Å². The maximum absolute atomic E-state index is 11.3. The predicted octanol–water partition coefficient (Wildman–Crippen LogP) is 2.77. The summed E-state index contributed by atoms with van der Waals surface area (Å²) in [5, 5.41) is 0. The number of hydrogen-bond acceptors (Lipinski definition) is 1. The van der Waals surface area contributed by atoms with Crippen LogP contribution in [-0.4, -0.2) is 10.5 Å². The molecule has 0 spiro atoms. The molecular weight excluding hydrogens is 180 g/mol. The number of rotatable bonds is 4. The van der Waals surface area contributed by atoms with Gasteiger partial charge in [0.1, 0.15) is 0 Å². The maximum Gasteiger partial charge on any atom is 0.0500 e. The first-order valence-electron chi connectivity index (χ1n) is 4.67. The Morgan fingerprint density at radius 1 is 1.31 bits per heavy atom. The van der Waals surface area contributed by atoms with Gasteiger partial charge in [-0.05, 0) is 24.5 Å². The summed E-state index contributed by atoms with van der Waals surface area (Å²) in [7, 11) is -0.844. The second kappa shape index (κ2) is 5.18. The maximum atomic E-state index is 11.3. The van der Waals surface area contributed by atoms with Gasteiger partial charge >= 0.3 is 0 Å². The fourth-order valence-corrected chi connectivity index (χ4v) is 2.17. The molecule has 0 aliphatic rings. The highest BCUT2D eigenvalue weighted by Gasteiger charge is 2.03. The third-order valence-electron chi connectivity index (χ3n) is 2.08. The summed E-state index contributed by atoms with van der Waals surface area (Å²) >= 11 is 0. The molecule has 0 aliphatic carbocycles. The molecule has 0 heterocycles. The molecule has 13 heavy (non-hydrogen) atoms. The Bertz CT molecular complexity index is 294. The Morgan fingerprint density at radius 2 is 2.00 bits per heavy atom. The summed E-state index contributed by atoms with van der Waals surface area (Å²) in [6.45, 7) is 2.17. The molecular formula is C11H16OS. The minimum Gasteiger partial charge on any atom is -0.255 e. The molecule has 0 radical (unpaired) electrons. The molecule has 1 atom stereocenters. The number of benzene rings is 1. The van der Waals surface area contributed by atoms with Crippen LogP contribution < -0.4 is 0 Å². The molecule has 72 valence electrons. The first-order valence-corrected chi connectivity index (χ1v) is 6.23. The van der Waals surface area contributed by atoms with Crippen LogP contribution in [0.1, 0.15) is 25.3 Å². The van der Waals surface area contributed by atoms with Gasteiger partial charge in [0.15, 0.2) is 0 Å². The molecule has 1 aromatic carbocycles. The van der Waals surface area contributed by atoms with E-state index < -0.39 is 10.8 Å². The van der Waals surface area contributed by atoms with E-state index in [9.17, 15) is 4.21 Å². The van der Waals surface area contributed by atoms with Crippen LogP contribution in [0.4, 0.5) is 0 Å². The van der Waals surface area contributed by atoms with E-state index in [2.05, 4.69) is 13.0 Å². The van der Waals surface area contributed by atoms with Gasteiger partial charge in [0.25, 0.3) is 0 Å². The van der Waals surface area contributed by atoms with Crippen LogP contribution in [-0.2, 0) is 17.2 Å². The zero-order valence-electron chi connectivity index (χ0n) is 8.25. The van der Waals surface area contributed by atoms with Crippen LogP contribution in [0.15, 0.2) is 29.2 Å². The van der Waals surface area contributed by atoms with E-state index in [1.54, 1.807) is 6.26 Å². The molecule has 0 saturated heterocycles. The van der Waals surface area contributed by atoms with Crippen molar-refractivity contribution in [2.75, 3.05) is 6.26 Å². The van der Waals surface area contributed by atoms with Gasteiger partial charge in [0.2, 0.25) is 0 Å². The van der Waals surface area contributed by atoms with Gasteiger partial charge in [-0.15, -0.1) is 0 Å². The zero-order valence-corrected chi connectivity index (χ0v) is 9.06. The third-order valence-corrected chi connectivity index (χ3v) is 3.10. The van der Waals surface area contributed by atoms with E-state index in [0.717, 1.165) is 11.3 Å². The molecule has 1 unspecified atom stereocenters. The molecule has 1 rings (SSSR count). The van der Waals surface area contributed by atoms with Crippen molar-refractivity contribution < 1.29 is 4.21 Å². The fourth-order valence-electron chi connectivity index (χ4n) is 1.36. The molecule has 1 nitrogen and oxygen atoms in total. The van der Waals surface area contributed by atoms with Crippen molar-refractivity contribution in [3.8, 4) is 0 Å². The Labute approximate surface area is 82.6 Å². The van der Waals surface area contributed by atoms with Gasteiger partial charge < -0.3 is 0 Å². The summed E-state index contributed by atoms with van der Waals surface area (Å²) in [5.74, 6) is 0. The van der Waals surface area contributed by atoms with Crippen LogP contribution in [0.5, 0.6) is 0 Å². The lowest BCUT2D eigenvalue weighted by atomic mass is 10.1. The third kappa shape index (κ3) is 2.96. The largest absolute Gasteiger partial charge is 0.255 e. The topological polar surface area (TPSA) is 17.1 Å². The molecule has 0 N–H and O–H groups in total. The summed E-state index contributed by atoms with van der Waals surface area (Å²) in [6, 6.07) is 8.00. The van der Waals surface area contributed by atoms with Crippen LogP contribution in [0.3, 0.4) is 0 Å². The van der Waals surface area contributed by atoms with Gasteiger partial charge in [0, 0.05) is 11.2 Å². The average Bonchev–Trinajstić information content (AvgIpc) is 2.15. The Morgan fingerprint density at radius 3 is 2.62 bits per heavy atom. The van der Waals surface area contributed by atoms with Gasteiger partial charge in [-0.2, -0.15) is 0 Å². The van der Waals surface area contributed by atoms with Crippen LogP contribution in [0.25, 0.3) is 0 Å². The predicted molar refractivity (Wildman–Crippen MR) is 57.4 cm³/mol. The second-order valence-electron chi connectivity index (χ2n) is 3.17. The highest BCUT2D eigenvalue weighted by Crippen LogP contribution is 2.14. The van der Waals surface area contributed by atoms with Crippen LogP contribution >= 0.6 is 0 Å². The number of aryl methyl sites for hydroxylation is 1. The van der Waals surface area contributed by atoms with Crippen molar-refractivity contribution in [1.29, 1.82) is 0 Å². The van der Waals surface area contributed by atoms with Crippen molar-refractivity contribution in [2.45, 2.75) is 31.1 Å². The van der Waals surface area contributed by atoms with Crippen molar-refractivity contribution in [1.82, 2.24) is 0 Å². The molecule has 0 aromatic heterocycles. The van der Waals surface area contributed by atoms with E-state index in [1.165, 1.54) is 18.4 Å². The van der Waals surface area contributed by atoms with E-state index in [1.807, 2.05) is 18.2 Å². The summed E-state index contributed by atoms with van der Waals surface area (Å²) in [6.07, 6.45) is 5.15. The van der Waals surface area contributed by atoms with Crippen molar-refractivity contribution >= 4 is 10.8 Å². The van der Waals surface area contributed by atoms with E-state index in [4.69, 9.17) is 0 Å². The highest BCUT2D eigenvalue weighted by atomic mass is 32.2. The molecule has 0 aliphatic heterocycles. The smallest absolute Gasteiger partial charge is 0.0500 e. The fraction of sp³-hybridized carbons (Fsp3) is 0.455. The lowest BCUT2D eigenvalue weighted by Gasteiger charge is -2.05.